The van der Waals surface area contributed by atoms with Crippen LogP contribution in [-0.2, 0) is 23.1 Å². The number of carbonyl (C=O) groups excluding carboxylic acids is 2. The molecule has 0 aliphatic carbocycles. The lowest BCUT2D eigenvalue weighted by molar-refractivity contribution is -0.129. The van der Waals surface area contributed by atoms with Gasteiger partial charge in [0.15, 0.2) is 0 Å². The number of aromatic nitrogens is 3. The summed E-state index contributed by atoms with van der Waals surface area (Å²) in [5, 5.41) is 4.20. The molecular weight excluding hydrogens is 349 g/mol. The van der Waals surface area contributed by atoms with Gasteiger partial charge in [0.1, 0.15) is 5.82 Å². The monoisotopic (exact) mass is 365 g/mol. The van der Waals surface area contributed by atoms with Crippen LogP contribution < -0.4 is 5.73 Å². The number of primary amides is 1. The van der Waals surface area contributed by atoms with Crippen molar-refractivity contribution in [3.05, 3.63) is 46.8 Å². The molecular formula is C16H17ClFN5O2. The summed E-state index contributed by atoms with van der Waals surface area (Å²) in [6.45, 7) is 0.514. The number of likely N-dealkylation sites (tertiary alicyclic amines) is 1. The summed E-state index contributed by atoms with van der Waals surface area (Å²) >= 11 is 5.93. The van der Waals surface area contributed by atoms with E-state index in [9.17, 15) is 14.0 Å². The number of hydrogen-bond donors (Lipinski definition) is 1. The second-order valence-corrected chi connectivity index (χ2v) is 6.53. The fourth-order valence-corrected chi connectivity index (χ4v) is 3.35. The highest BCUT2D eigenvalue weighted by Crippen LogP contribution is 2.33. The van der Waals surface area contributed by atoms with Gasteiger partial charge in [-0.25, -0.2) is 4.39 Å². The summed E-state index contributed by atoms with van der Waals surface area (Å²) in [7, 11) is 1.77. The van der Waals surface area contributed by atoms with E-state index in [2.05, 4.69) is 10.1 Å². The Labute approximate surface area is 148 Å². The molecule has 1 aliphatic heterocycles. The number of carbonyl (C=O) groups is 2. The summed E-state index contributed by atoms with van der Waals surface area (Å²) in [6.07, 6.45) is 5.57. The van der Waals surface area contributed by atoms with Crippen LogP contribution >= 0.6 is 11.6 Å². The average Bonchev–Trinajstić information content (AvgIpc) is 3.17. The van der Waals surface area contributed by atoms with E-state index in [1.165, 1.54) is 11.1 Å². The number of nitrogens with two attached hydrogens (primary N) is 1. The SMILES string of the molecule is Cn1cc([C@@H]2CN(C(=O)Cc3c(F)cncc3Cl)C[C@H]2C(N)=O)cn1. The van der Waals surface area contributed by atoms with Crippen LogP contribution in [0, 0.1) is 11.7 Å². The first-order valence-electron chi connectivity index (χ1n) is 7.70. The Balaban J connectivity index is 1.79. The zero-order chi connectivity index (χ0) is 18.1. The molecule has 0 spiro atoms. The molecule has 3 rings (SSSR count). The van der Waals surface area contributed by atoms with Crippen molar-refractivity contribution in [1.29, 1.82) is 0 Å². The van der Waals surface area contributed by atoms with E-state index in [-0.39, 0.29) is 35.4 Å². The highest BCUT2D eigenvalue weighted by molar-refractivity contribution is 6.31. The smallest absolute Gasteiger partial charge is 0.227 e. The first-order valence-corrected chi connectivity index (χ1v) is 8.08. The normalized spacial score (nSPS) is 20.0. The average molecular weight is 366 g/mol. The topological polar surface area (TPSA) is 94.1 Å². The zero-order valence-electron chi connectivity index (χ0n) is 13.5. The van der Waals surface area contributed by atoms with Crippen molar-refractivity contribution in [2.45, 2.75) is 12.3 Å². The standard InChI is InChI=1S/C16H17ClFN5O2/c1-22-6-9(3-21-22)11-7-23(8-12(11)16(19)25)15(24)2-10-13(17)4-20-5-14(10)18/h3-6,11-12H,2,7-8H2,1H3,(H2,19,25)/t11-,12+/m0/s1. The molecule has 2 N–H and O–H groups in total. The predicted molar refractivity (Wildman–Crippen MR) is 88.1 cm³/mol. The van der Waals surface area contributed by atoms with Gasteiger partial charge < -0.3 is 10.6 Å². The van der Waals surface area contributed by atoms with Crippen molar-refractivity contribution in [2.75, 3.05) is 13.1 Å². The van der Waals surface area contributed by atoms with Crippen molar-refractivity contribution < 1.29 is 14.0 Å². The van der Waals surface area contributed by atoms with Crippen LogP contribution in [0.15, 0.2) is 24.8 Å². The fraction of sp³-hybridized carbons (Fsp3) is 0.375. The molecule has 2 aromatic heterocycles. The van der Waals surface area contributed by atoms with Crippen LogP contribution in [0.1, 0.15) is 17.0 Å². The zero-order valence-corrected chi connectivity index (χ0v) is 14.3. The van der Waals surface area contributed by atoms with E-state index in [0.29, 0.717) is 6.54 Å². The minimum Gasteiger partial charge on any atom is -0.369 e. The number of rotatable bonds is 4. The maximum Gasteiger partial charge on any atom is 0.227 e. The van der Waals surface area contributed by atoms with Crippen molar-refractivity contribution in [1.82, 2.24) is 19.7 Å². The van der Waals surface area contributed by atoms with E-state index in [4.69, 9.17) is 17.3 Å². The fourth-order valence-electron chi connectivity index (χ4n) is 3.14. The van der Waals surface area contributed by atoms with Crippen molar-refractivity contribution in [3.63, 3.8) is 0 Å². The van der Waals surface area contributed by atoms with E-state index in [1.807, 2.05) is 0 Å². The molecule has 0 saturated carbocycles. The molecule has 0 unspecified atom stereocenters. The third kappa shape index (κ3) is 3.48. The Morgan fingerprint density at radius 3 is 2.72 bits per heavy atom. The Hall–Kier alpha value is -2.48. The van der Waals surface area contributed by atoms with Gasteiger partial charge in [-0.05, 0) is 5.56 Å². The van der Waals surface area contributed by atoms with Gasteiger partial charge in [-0.1, -0.05) is 11.6 Å². The maximum atomic E-state index is 13.8. The van der Waals surface area contributed by atoms with Crippen LogP contribution in [0.3, 0.4) is 0 Å². The third-order valence-corrected chi connectivity index (χ3v) is 4.80. The Morgan fingerprint density at radius 2 is 2.12 bits per heavy atom. The highest BCUT2D eigenvalue weighted by atomic mass is 35.5. The van der Waals surface area contributed by atoms with Crippen LogP contribution in [0.25, 0.3) is 0 Å². The summed E-state index contributed by atoms with van der Waals surface area (Å²) in [5.41, 5.74) is 6.44. The number of nitrogens with zero attached hydrogens (tertiary/aromatic N) is 4. The first kappa shape index (κ1) is 17.3. The molecule has 2 atom stereocenters. The van der Waals surface area contributed by atoms with Gasteiger partial charge in [-0.15, -0.1) is 0 Å². The summed E-state index contributed by atoms with van der Waals surface area (Å²) in [6, 6.07) is 0. The molecule has 25 heavy (non-hydrogen) atoms. The van der Waals surface area contributed by atoms with Gasteiger partial charge in [0.2, 0.25) is 11.8 Å². The van der Waals surface area contributed by atoms with E-state index in [0.717, 1.165) is 11.8 Å². The summed E-state index contributed by atoms with van der Waals surface area (Å²) < 4.78 is 15.5. The predicted octanol–water partition coefficient (Wildman–Crippen LogP) is 0.878. The summed E-state index contributed by atoms with van der Waals surface area (Å²) in [5.74, 6) is -2.16. The number of aryl methyl sites for hydroxylation is 1. The molecule has 7 nitrogen and oxygen atoms in total. The summed E-state index contributed by atoms with van der Waals surface area (Å²) in [4.78, 5) is 29.5. The number of amides is 2. The van der Waals surface area contributed by atoms with Crippen LogP contribution in [0.4, 0.5) is 4.39 Å². The van der Waals surface area contributed by atoms with Gasteiger partial charge in [-0.3, -0.25) is 19.3 Å². The molecule has 1 fully saturated rings. The Kier molecular flexibility index (Phi) is 4.71. The van der Waals surface area contributed by atoms with E-state index < -0.39 is 17.6 Å². The molecule has 9 heteroatoms. The quantitative estimate of drug-likeness (QED) is 0.870. The largest absolute Gasteiger partial charge is 0.369 e. The molecule has 3 heterocycles. The highest BCUT2D eigenvalue weighted by Gasteiger charge is 2.40. The molecule has 0 bridgehead atoms. The molecule has 2 amide bonds. The van der Waals surface area contributed by atoms with Crippen LogP contribution in [0.2, 0.25) is 5.02 Å². The van der Waals surface area contributed by atoms with Gasteiger partial charge >= 0.3 is 0 Å². The van der Waals surface area contributed by atoms with E-state index >= 15 is 0 Å². The van der Waals surface area contributed by atoms with Crippen LogP contribution in [-0.4, -0.2) is 44.6 Å². The van der Waals surface area contributed by atoms with Gasteiger partial charge in [-0.2, -0.15) is 5.10 Å². The lowest BCUT2D eigenvalue weighted by Gasteiger charge is -2.16. The lowest BCUT2D eigenvalue weighted by Crippen LogP contribution is -2.33. The number of hydrogen-bond acceptors (Lipinski definition) is 4. The second-order valence-electron chi connectivity index (χ2n) is 6.12. The minimum absolute atomic E-state index is 0.0992. The third-order valence-electron chi connectivity index (χ3n) is 4.47. The van der Waals surface area contributed by atoms with Gasteiger partial charge in [0.25, 0.3) is 0 Å². The van der Waals surface area contributed by atoms with Crippen LogP contribution in [0.5, 0.6) is 0 Å². The molecule has 0 aromatic carbocycles. The van der Waals surface area contributed by atoms with Crippen molar-refractivity contribution in [2.24, 2.45) is 18.7 Å². The molecule has 1 aliphatic rings. The minimum atomic E-state index is -0.629. The first-order chi connectivity index (χ1) is 11.9. The lowest BCUT2D eigenvalue weighted by atomic mass is 9.90. The molecule has 1 saturated heterocycles. The second kappa shape index (κ2) is 6.79. The van der Waals surface area contributed by atoms with Crippen molar-refractivity contribution >= 4 is 23.4 Å². The van der Waals surface area contributed by atoms with Gasteiger partial charge in [0.05, 0.1) is 29.8 Å². The molecule has 132 valence electrons. The molecule has 0 radical (unpaired) electrons. The number of halogens is 2. The number of pyridine rings is 1. The maximum absolute atomic E-state index is 13.8. The Bertz CT molecular complexity index is 804. The molecule has 2 aromatic rings. The Morgan fingerprint density at radius 1 is 1.36 bits per heavy atom. The van der Waals surface area contributed by atoms with Crippen molar-refractivity contribution in [3.8, 4) is 0 Å². The van der Waals surface area contributed by atoms with E-state index in [1.54, 1.807) is 24.1 Å². The van der Waals surface area contributed by atoms with Gasteiger partial charge in [0, 0.05) is 44.0 Å².